The van der Waals surface area contributed by atoms with Crippen molar-refractivity contribution in [3.05, 3.63) is 41.9 Å². The standard InChI is InChI=1S/C17H21N7/c1-23-6-8-24(9-7-23)17-21-15(20-16(18)22-17)10-12-11-19-14-5-3-2-4-13(12)14/h2-5,11,19H,6-10H2,1H3,(H2,18,20,21,22). The number of nitrogens with zero attached hydrogens (tertiary/aromatic N) is 5. The predicted molar refractivity (Wildman–Crippen MR) is 95.1 cm³/mol. The Bertz CT molecular complexity index is 849. The van der Waals surface area contributed by atoms with Gasteiger partial charge in [-0.2, -0.15) is 15.0 Å². The zero-order valence-corrected chi connectivity index (χ0v) is 13.7. The first-order chi connectivity index (χ1) is 11.7. The fourth-order valence-corrected chi connectivity index (χ4v) is 3.10. The Morgan fingerprint density at radius 1 is 1.08 bits per heavy atom. The Labute approximate surface area is 140 Å². The minimum atomic E-state index is 0.286. The average Bonchev–Trinajstić information content (AvgIpc) is 2.98. The molecule has 0 radical (unpaired) electrons. The normalized spacial score (nSPS) is 16.0. The number of para-hydroxylation sites is 1. The first-order valence-corrected chi connectivity index (χ1v) is 8.18. The molecule has 7 nitrogen and oxygen atoms in total. The fourth-order valence-electron chi connectivity index (χ4n) is 3.10. The fraction of sp³-hybridized carbons (Fsp3) is 0.353. The number of hydrogen-bond donors (Lipinski definition) is 2. The lowest BCUT2D eigenvalue weighted by atomic mass is 10.1. The number of rotatable bonds is 3. The van der Waals surface area contributed by atoms with Gasteiger partial charge < -0.3 is 20.5 Å². The van der Waals surface area contributed by atoms with E-state index >= 15 is 0 Å². The molecule has 0 saturated carbocycles. The Kier molecular flexibility index (Phi) is 3.78. The van der Waals surface area contributed by atoms with Crippen molar-refractivity contribution < 1.29 is 0 Å². The molecule has 0 unspecified atom stereocenters. The first-order valence-electron chi connectivity index (χ1n) is 8.18. The molecule has 2 aromatic heterocycles. The lowest BCUT2D eigenvalue weighted by Crippen LogP contribution is -2.45. The Balaban J connectivity index is 1.61. The van der Waals surface area contributed by atoms with Gasteiger partial charge in [0.1, 0.15) is 5.82 Å². The number of nitrogens with one attached hydrogen (secondary N) is 1. The van der Waals surface area contributed by atoms with Crippen LogP contribution in [0.4, 0.5) is 11.9 Å². The maximum absolute atomic E-state index is 5.93. The van der Waals surface area contributed by atoms with Gasteiger partial charge in [0.05, 0.1) is 0 Å². The second kappa shape index (κ2) is 6.09. The van der Waals surface area contributed by atoms with Crippen molar-refractivity contribution in [3.63, 3.8) is 0 Å². The lowest BCUT2D eigenvalue weighted by molar-refractivity contribution is 0.311. The van der Waals surface area contributed by atoms with Gasteiger partial charge in [0.2, 0.25) is 11.9 Å². The summed E-state index contributed by atoms with van der Waals surface area (Å²) in [5.74, 6) is 1.68. The highest BCUT2D eigenvalue weighted by Gasteiger charge is 2.18. The lowest BCUT2D eigenvalue weighted by Gasteiger charge is -2.32. The summed E-state index contributed by atoms with van der Waals surface area (Å²) in [4.78, 5) is 21.1. The Morgan fingerprint density at radius 2 is 1.88 bits per heavy atom. The molecule has 24 heavy (non-hydrogen) atoms. The van der Waals surface area contributed by atoms with Gasteiger partial charge in [0.25, 0.3) is 0 Å². The number of hydrogen-bond acceptors (Lipinski definition) is 6. The van der Waals surface area contributed by atoms with Crippen molar-refractivity contribution >= 4 is 22.8 Å². The molecule has 0 amide bonds. The Morgan fingerprint density at radius 3 is 2.71 bits per heavy atom. The van der Waals surface area contributed by atoms with E-state index in [1.54, 1.807) is 0 Å². The summed E-state index contributed by atoms with van der Waals surface area (Å²) >= 11 is 0. The van der Waals surface area contributed by atoms with Crippen LogP contribution in [0.15, 0.2) is 30.5 Å². The molecule has 0 atom stereocenters. The van der Waals surface area contributed by atoms with E-state index in [0.29, 0.717) is 18.2 Å². The van der Waals surface area contributed by atoms with Crippen molar-refractivity contribution in [2.75, 3.05) is 43.9 Å². The maximum Gasteiger partial charge on any atom is 0.230 e. The summed E-state index contributed by atoms with van der Waals surface area (Å²) in [6.07, 6.45) is 2.65. The van der Waals surface area contributed by atoms with Crippen molar-refractivity contribution in [1.29, 1.82) is 0 Å². The van der Waals surface area contributed by atoms with Crippen LogP contribution in [-0.4, -0.2) is 58.1 Å². The van der Waals surface area contributed by atoms with Gasteiger partial charge in [-0.15, -0.1) is 0 Å². The van der Waals surface area contributed by atoms with Gasteiger partial charge in [0.15, 0.2) is 0 Å². The van der Waals surface area contributed by atoms with E-state index in [0.717, 1.165) is 31.7 Å². The van der Waals surface area contributed by atoms with E-state index in [1.165, 1.54) is 10.9 Å². The largest absolute Gasteiger partial charge is 0.368 e. The highest BCUT2D eigenvalue weighted by molar-refractivity contribution is 5.83. The van der Waals surface area contributed by atoms with Crippen molar-refractivity contribution in [1.82, 2.24) is 24.8 Å². The molecule has 4 rings (SSSR count). The molecule has 7 heteroatoms. The highest BCUT2D eigenvalue weighted by Crippen LogP contribution is 2.21. The van der Waals surface area contributed by atoms with Crippen LogP contribution in [-0.2, 0) is 6.42 Å². The van der Waals surface area contributed by atoms with E-state index in [4.69, 9.17) is 5.73 Å². The molecule has 1 aliphatic heterocycles. The Hall–Kier alpha value is -2.67. The number of benzene rings is 1. The summed E-state index contributed by atoms with van der Waals surface area (Å²) in [6.45, 7) is 3.83. The summed E-state index contributed by atoms with van der Waals surface area (Å²) in [7, 11) is 2.13. The second-order valence-corrected chi connectivity index (χ2v) is 6.24. The zero-order valence-electron chi connectivity index (χ0n) is 13.7. The number of nitrogen functional groups attached to an aromatic ring is 1. The van der Waals surface area contributed by atoms with E-state index in [9.17, 15) is 0 Å². The second-order valence-electron chi connectivity index (χ2n) is 6.24. The van der Waals surface area contributed by atoms with Crippen LogP contribution in [0.25, 0.3) is 10.9 Å². The molecule has 3 N–H and O–H groups in total. The predicted octanol–water partition coefficient (Wildman–Crippen LogP) is 1.28. The smallest absolute Gasteiger partial charge is 0.230 e. The first kappa shape index (κ1) is 14.9. The van der Waals surface area contributed by atoms with Crippen molar-refractivity contribution in [2.45, 2.75) is 6.42 Å². The number of H-pyrrole nitrogens is 1. The summed E-state index contributed by atoms with van der Waals surface area (Å²) in [6, 6.07) is 8.23. The number of aromatic amines is 1. The van der Waals surface area contributed by atoms with E-state index in [2.05, 4.69) is 48.9 Å². The van der Waals surface area contributed by atoms with Gasteiger partial charge in [-0.3, -0.25) is 0 Å². The van der Waals surface area contributed by atoms with Gasteiger partial charge in [-0.25, -0.2) is 0 Å². The van der Waals surface area contributed by atoms with Crippen molar-refractivity contribution in [2.24, 2.45) is 0 Å². The van der Waals surface area contributed by atoms with Crippen LogP contribution >= 0.6 is 0 Å². The monoisotopic (exact) mass is 323 g/mol. The average molecular weight is 323 g/mol. The molecule has 1 saturated heterocycles. The third-order valence-electron chi connectivity index (χ3n) is 4.50. The van der Waals surface area contributed by atoms with Crippen LogP contribution in [0.5, 0.6) is 0 Å². The molecule has 3 heterocycles. The van der Waals surface area contributed by atoms with E-state index in [1.807, 2.05) is 18.3 Å². The van der Waals surface area contributed by atoms with Crippen molar-refractivity contribution in [3.8, 4) is 0 Å². The zero-order chi connectivity index (χ0) is 16.5. The molecule has 124 valence electrons. The van der Waals surface area contributed by atoms with Crippen LogP contribution < -0.4 is 10.6 Å². The van der Waals surface area contributed by atoms with Crippen LogP contribution in [0.3, 0.4) is 0 Å². The van der Waals surface area contributed by atoms with Crippen LogP contribution in [0.1, 0.15) is 11.4 Å². The van der Waals surface area contributed by atoms with Gasteiger partial charge in [-0.1, -0.05) is 18.2 Å². The van der Waals surface area contributed by atoms with Gasteiger partial charge in [0, 0.05) is 49.7 Å². The molecule has 0 spiro atoms. The molecular formula is C17H21N7. The van der Waals surface area contributed by atoms with Crippen LogP contribution in [0.2, 0.25) is 0 Å². The molecule has 1 aromatic carbocycles. The topological polar surface area (TPSA) is 87.0 Å². The van der Waals surface area contributed by atoms with Crippen LogP contribution in [0, 0.1) is 0 Å². The number of fused-ring (bicyclic) bond motifs is 1. The third kappa shape index (κ3) is 2.90. The van der Waals surface area contributed by atoms with E-state index in [-0.39, 0.29) is 5.95 Å². The van der Waals surface area contributed by atoms with E-state index < -0.39 is 0 Å². The summed E-state index contributed by atoms with van der Waals surface area (Å²) in [5, 5.41) is 1.19. The minimum Gasteiger partial charge on any atom is -0.368 e. The number of piperazine rings is 1. The number of nitrogens with two attached hydrogens (primary N) is 1. The van der Waals surface area contributed by atoms with Gasteiger partial charge in [-0.05, 0) is 18.7 Å². The molecule has 3 aromatic rings. The molecular weight excluding hydrogens is 302 g/mol. The molecule has 0 aliphatic carbocycles. The third-order valence-corrected chi connectivity index (χ3v) is 4.50. The SMILES string of the molecule is CN1CCN(c2nc(N)nc(Cc3c[nH]c4ccccc34)n2)CC1. The minimum absolute atomic E-state index is 0.286. The quantitative estimate of drug-likeness (QED) is 0.755. The summed E-state index contributed by atoms with van der Waals surface area (Å²) < 4.78 is 0. The molecule has 1 fully saturated rings. The molecule has 1 aliphatic rings. The highest BCUT2D eigenvalue weighted by atomic mass is 15.3. The summed E-state index contributed by atoms with van der Waals surface area (Å²) in [5.41, 5.74) is 8.21. The number of likely N-dealkylation sites (N-methyl/N-ethyl adjacent to an activating group) is 1. The molecule has 0 bridgehead atoms. The number of anilines is 2. The maximum atomic E-state index is 5.93. The number of aromatic nitrogens is 4. The van der Waals surface area contributed by atoms with Gasteiger partial charge >= 0.3 is 0 Å².